The highest BCUT2D eigenvalue weighted by molar-refractivity contribution is 6.00. The molecule has 0 aliphatic carbocycles. The van der Waals surface area contributed by atoms with Crippen LogP contribution in [0.3, 0.4) is 0 Å². The summed E-state index contributed by atoms with van der Waals surface area (Å²) in [6.45, 7) is 5.18. The van der Waals surface area contributed by atoms with E-state index in [9.17, 15) is 4.79 Å². The zero-order valence-electron chi connectivity index (χ0n) is 12.0. The van der Waals surface area contributed by atoms with E-state index in [1.807, 2.05) is 6.92 Å². The van der Waals surface area contributed by atoms with Crippen LogP contribution in [0, 0.1) is 0 Å². The van der Waals surface area contributed by atoms with Gasteiger partial charge >= 0.3 is 0 Å². The molecule has 1 aliphatic heterocycles. The Morgan fingerprint density at radius 3 is 2.80 bits per heavy atom. The molecule has 1 unspecified atom stereocenters. The average molecular weight is 300 g/mol. The van der Waals surface area contributed by atoms with Crippen molar-refractivity contribution in [2.75, 3.05) is 13.3 Å². The van der Waals surface area contributed by atoms with E-state index in [1.54, 1.807) is 18.2 Å². The number of carbonyl (C=O) groups excluding carboxylic acids is 1. The van der Waals surface area contributed by atoms with Crippen LogP contribution in [0.2, 0.25) is 0 Å². The van der Waals surface area contributed by atoms with Crippen molar-refractivity contribution < 1.29 is 14.3 Å². The molecule has 1 aromatic carbocycles. The first kappa shape index (κ1) is 16.8. The Bertz CT molecular complexity index is 451. The molecule has 1 atom stereocenters. The zero-order valence-corrected chi connectivity index (χ0v) is 12.8. The Morgan fingerprint density at radius 2 is 2.05 bits per heavy atom. The second-order valence-corrected chi connectivity index (χ2v) is 4.82. The molecule has 5 heteroatoms. The van der Waals surface area contributed by atoms with E-state index in [4.69, 9.17) is 9.47 Å². The van der Waals surface area contributed by atoms with Gasteiger partial charge in [0, 0.05) is 5.56 Å². The van der Waals surface area contributed by atoms with Gasteiger partial charge in [0.15, 0.2) is 17.3 Å². The summed E-state index contributed by atoms with van der Waals surface area (Å²) in [7, 11) is 0. The summed E-state index contributed by atoms with van der Waals surface area (Å²) in [4.78, 5) is 12.2. The van der Waals surface area contributed by atoms with Crippen molar-refractivity contribution in [2.24, 2.45) is 0 Å². The fourth-order valence-electron chi connectivity index (χ4n) is 2.09. The minimum absolute atomic E-state index is 0. The van der Waals surface area contributed by atoms with E-state index in [2.05, 4.69) is 12.2 Å². The number of benzene rings is 1. The number of fused-ring (bicyclic) bond motifs is 1. The van der Waals surface area contributed by atoms with Crippen LogP contribution >= 0.6 is 12.4 Å². The van der Waals surface area contributed by atoms with Gasteiger partial charge < -0.3 is 14.8 Å². The second-order valence-electron chi connectivity index (χ2n) is 4.82. The normalized spacial score (nSPS) is 13.7. The van der Waals surface area contributed by atoms with Crippen molar-refractivity contribution in [1.29, 1.82) is 0 Å². The van der Waals surface area contributed by atoms with E-state index in [-0.39, 0.29) is 31.0 Å². The van der Waals surface area contributed by atoms with Crippen molar-refractivity contribution >= 4 is 18.2 Å². The third-order valence-electron chi connectivity index (χ3n) is 3.28. The average Bonchev–Trinajstić information content (AvgIpc) is 2.89. The third-order valence-corrected chi connectivity index (χ3v) is 3.28. The summed E-state index contributed by atoms with van der Waals surface area (Å²) in [5.74, 6) is 1.46. The molecule has 1 aromatic rings. The highest BCUT2D eigenvalue weighted by atomic mass is 35.5. The summed E-state index contributed by atoms with van der Waals surface area (Å²) in [5, 5.41) is 3.26. The number of hydrogen-bond acceptors (Lipinski definition) is 4. The fraction of sp³-hybridized carbons (Fsp3) is 0.533. The molecule has 0 aromatic heterocycles. The van der Waals surface area contributed by atoms with Crippen LogP contribution in [-0.4, -0.2) is 25.2 Å². The number of hydrogen-bond donors (Lipinski definition) is 1. The first-order valence-corrected chi connectivity index (χ1v) is 6.89. The van der Waals surface area contributed by atoms with Gasteiger partial charge in [-0.15, -0.1) is 12.4 Å². The molecular weight excluding hydrogens is 278 g/mol. The number of ether oxygens (including phenoxy) is 2. The molecule has 0 saturated carbocycles. The van der Waals surface area contributed by atoms with Crippen molar-refractivity contribution in [3.05, 3.63) is 23.8 Å². The maximum Gasteiger partial charge on any atom is 0.231 e. The summed E-state index contributed by atoms with van der Waals surface area (Å²) in [6.07, 6.45) is 3.49. The van der Waals surface area contributed by atoms with Gasteiger partial charge in [0.2, 0.25) is 6.79 Å². The Kier molecular flexibility index (Phi) is 6.82. The van der Waals surface area contributed by atoms with Crippen LogP contribution in [0.1, 0.15) is 43.5 Å². The van der Waals surface area contributed by atoms with Crippen LogP contribution in [0.25, 0.3) is 0 Å². The van der Waals surface area contributed by atoms with Crippen LogP contribution in [0.15, 0.2) is 18.2 Å². The van der Waals surface area contributed by atoms with Gasteiger partial charge in [-0.25, -0.2) is 0 Å². The van der Waals surface area contributed by atoms with Gasteiger partial charge in [0.1, 0.15) is 0 Å². The van der Waals surface area contributed by atoms with Gasteiger partial charge in [-0.2, -0.15) is 0 Å². The first-order valence-electron chi connectivity index (χ1n) is 6.89. The predicted molar refractivity (Wildman–Crippen MR) is 81.1 cm³/mol. The van der Waals surface area contributed by atoms with Gasteiger partial charge in [-0.1, -0.05) is 19.8 Å². The van der Waals surface area contributed by atoms with Gasteiger partial charge in [0.05, 0.1) is 6.04 Å². The molecular formula is C15H22ClNO3. The summed E-state index contributed by atoms with van der Waals surface area (Å²) in [5.41, 5.74) is 0.666. The number of unbranched alkanes of at least 4 members (excludes halogenated alkanes) is 2. The van der Waals surface area contributed by atoms with E-state index < -0.39 is 0 Å². The van der Waals surface area contributed by atoms with Crippen LogP contribution in [0.5, 0.6) is 11.5 Å². The van der Waals surface area contributed by atoms with Crippen LogP contribution < -0.4 is 14.8 Å². The quantitative estimate of drug-likeness (QED) is 0.620. The van der Waals surface area contributed by atoms with E-state index >= 15 is 0 Å². The van der Waals surface area contributed by atoms with E-state index in [0.717, 1.165) is 13.0 Å². The summed E-state index contributed by atoms with van der Waals surface area (Å²) >= 11 is 0. The third kappa shape index (κ3) is 4.12. The standard InChI is InChI=1S/C15H21NO3.ClH/c1-3-4-5-8-16-11(2)15(17)12-6-7-13-14(9-12)19-10-18-13;/h6-7,9,11,16H,3-5,8,10H2,1-2H3;1H. The number of carbonyl (C=O) groups is 1. The Hall–Kier alpha value is -1.26. The fourth-order valence-corrected chi connectivity index (χ4v) is 2.09. The van der Waals surface area contributed by atoms with Crippen molar-refractivity contribution in [3.8, 4) is 11.5 Å². The Balaban J connectivity index is 0.00000200. The lowest BCUT2D eigenvalue weighted by Gasteiger charge is -2.12. The largest absolute Gasteiger partial charge is 0.454 e. The number of Topliss-reactive ketones (excluding diaryl/α,β-unsaturated/α-hetero) is 1. The minimum atomic E-state index is -0.169. The topological polar surface area (TPSA) is 47.6 Å². The number of ketones is 1. The van der Waals surface area contributed by atoms with Crippen molar-refractivity contribution in [1.82, 2.24) is 5.32 Å². The monoisotopic (exact) mass is 299 g/mol. The molecule has 1 aliphatic rings. The molecule has 20 heavy (non-hydrogen) atoms. The SMILES string of the molecule is CCCCCNC(C)C(=O)c1ccc2c(c1)OCO2.Cl. The lowest BCUT2D eigenvalue weighted by atomic mass is 10.0. The molecule has 1 heterocycles. The molecule has 0 bridgehead atoms. The molecule has 0 spiro atoms. The minimum Gasteiger partial charge on any atom is -0.454 e. The van der Waals surface area contributed by atoms with Gasteiger partial charge in [-0.3, -0.25) is 4.79 Å². The summed E-state index contributed by atoms with van der Waals surface area (Å²) in [6, 6.07) is 5.17. The molecule has 0 amide bonds. The zero-order chi connectivity index (χ0) is 13.7. The van der Waals surface area contributed by atoms with E-state index in [1.165, 1.54) is 12.8 Å². The predicted octanol–water partition coefficient (Wildman–Crippen LogP) is 3.19. The first-order chi connectivity index (χ1) is 9.22. The van der Waals surface area contributed by atoms with E-state index in [0.29, 0.717) is 17.1 Å². The highest BCUT2D eigenvalue weighted by Gasteiger charge is 2.19. The van der Waals surface area contributed by atoms with Crippen LogP contribution in [0.4, 0.5) is 0 Å². The molecule has 1 N–H and O–H groups in total. The Morgan fingerprint density at radius 1 is 1.30 bits per heavy atom. The molecule has 4 nitrogen and oxygen atoms in total. The number of halogens is 1. The maximum atomic E-state index is 12.2. The summed E-state index contributed by atoms with van der Waals surface area (Å²) < 4.78 is 10.5. The van der Waals surface area contributed by atoms with Gasteiger partial charge in [-0.05, 0) is 38.1 Å². The molecule has 0 radical (unpaired) electrons. The molecule has 112 valence electrons. The molecule has 0 fully saturated rings. The maximum absolute atomic E-state index is 12.2. The lowest BCUT2D eigenvalue weighted by Crippen LogP contribution is -2.34. The van der Waals surface area contributed by atoms with Gasteiger partial charge in [0.25, 0.3) is 0 Å². The highest BCUT2D eigenvalue weighted by Crippen LogP contribution is 2.32. The lowest BCUT2D eigenvalue weighted by molar-refractivity contribution is 0.0950. The van der Waals surface area contributed by atoms with Crippen molar-refractivity contribution in [3.63, 3.8) is 0 Å². The smallest absolute Gasteiger partial charge is 0.231 e. The molecule has 0 saturated heterocycles. The van der Waals surface area contributed by atoms with Crippen molar-refractivity contribution in [2.45, 2.75) is 39.2 Å². The molecule has 2 rings (SSSR count). The Labute approximate surface area is 126 Å². The number of rotatable bonds is 7. The second kappa shape index (κ2) is 8.12. The van der Waals surface area contributed by atoms with Crippen LogP contribution in [-0.2, 0) is 0 Å². The number of nitrogens with one attached hydrogen (secondary N) is 1.